The fourth-order valence-electron chi connectivity index (χ4n) is 2.94. The number of carbonyl (C=O) groups excluding carboxylic acids is 1. The van der Waals surface area contributed by atoms with Gasteiger partial charge in [0.15, 0.2) is 6.10 Å². The van der Waals surface area contributed by atoms with Crippen LogP contribution < -0.4 is 15.6 Å². The summed E-state index contributed by atoms with van der Waals surface area (Å²) in [5, 5.41) is 3.27. The molecule has 0 bridgehead atoms. The second-order valence-corrected chi connectivity index (χ2v) is 6.83. The Kier molecular flexibility index (Phi) is 5.90. The molecule has 0 aliphatic rings. The van der Waals surface area contributed by atoms with Crippen LogP contribution in [0.5, 0.6) is 5.75 Å². The molecule has 0 saturated carbocycles. The molecule has 1 N–H and O–H groups in total. The van der Waals surface area contributed by atoms with Gasteiger partial charge in [-0.15, -0.1) is 0 Å². The van der Waals surface area contributed by atoms with Crippen LogP contribution in [0.25, 0.3) is 5.69 Å². The van der Waals surface area contributed by atoms with Gasteiger partial charge in [0.25, 0.3) is 11.5 Å². The van der Waals surface area contributed by atoms with E-state index in [0.717, 1.165) is 5.69 Å². The minimum absolute atomic E-state index is 0.240. The SMILES string of the molecule is CC[C@H](Oc1cccc(Cl)c1)C(=O)Nc1c(C)n(C)n(-c2ccccc2)c1=O. The molecule has 0 saturated heterocycles. The molecule has 1 aromatic heterocycles. The van der Waals surface area contributed by atoms with E-state index in [2.05, 4.69) is 5.32 Å². The van der Waals surface area contributed by atoms with Gasteiger partial charge in [-0.25, -0.2) is 4.68 Å². The van der Waals surface area contributed by atoms with E-state index in [4.69, 9.17) is 16.3 Å². The van der Waals surface area contributed by atoms with Gasteiger partial charge in [0.2, 0.25) is 0 Å². The first kappa shape index (κ1) is 19.8. The van der Waals surface area contributed by atoms with Crippen LogP contribution in [0.2, 0.25) is 5.02 Å². The molecule has 2 aromatic carbocycles. The topological polar surface area (TPSA) is 65.3 Å². The van der Waals surface area contributed by atoms with Crippen LogP contribution in [0.4, 0.5) is 5.69 Å². The highest BCUT2D eigenvalue weighted by Gasteiger charge is 2.23. The molecule has 0 fully saturated rings. The van der Waals surface area contributed by atoms with Crippen LogP contribution in [-0.2, 0) is 11.8 Å². The van der Waals surface area contributed by atoms with Gasteiger partial charge >= 0.3 is 0 Å². The average molecular weight is 400 g/mol. The predicted octanol–water partition coefficient (Wildman–Crippen LogP) is 3.93. The summed E-state index contributed by atoms with van der Waals surface area (Å²) in [6, 6.07) is 16.1. The van der Waals surface area contributed by atoms with Crippen LogP contribution in [0, 0.1) is 6.92 Å². The maximum absolute atomic E-state index is 12.9. The molecule has 1 atom stereocenters. The first-order valence-corrected chi connectivity index (χ1v) is 9.37. The second kappa shape index (κ2) is 8.35. The summed E-state index contributed by atoms with van der Waals surface area (Å²) in [4.78, 5) is 25.7. The maximum atomic E-state index is 12.9. The van der Waals surface area contributed by atoms with E-state index < -0.39 is 6.10 Å². The van der Waals surface area contributed by atoms with Crippen molar-refractivity contribution in [3.05, 3.63) is 75.7 Å². The van der Waals surface area contributed by atoms with E-state index in [9.17, 15) is 9.59 Å². The molecule has 28 heavy (non-hydrogen) atoms. The first-order valence-electron chi connectivity index (χ1n) is 8.99. The Morgan fingerprint density at radius 2 is 1.89 bits per heavy atom. The zero-order chi connectivity index (χ0) is 20.3. The number of hydrogen-bond donors (Lipinski definition) is 1. The van der Waals surface area contributed by atoms with E-state index in [1.165, 1.54) is 4.68 Å². The Labute approximate surface area is 168 Å². The lowest BCUT2D eigenvalue weighted by molar-refractivity contribution is -0.122. The zero-order valence-corrected chi connectivity index (χ0v) is 16.7. The summed E-state index contributed by atoms with van der Waals surface area (Å²) in [6.07, 6.45) is -0.306. The number of aromatic nitrogens is 2. The number of para-hydroxylation sites is 1. The molecule has 0 radical (unpaired) electrons. The molecular formula is C21H22ClN3O3. The number of nitrogens with one attached hydrogen (secondary N) is 1. The number of benzene rings is 2. The van der Waals surface area contributed by atoms with Crippen molar-refractivity contribution in [2.45, 2.75) is 26.4 Å². The third-order valence-electron chi connectivity index (χ3n) is 4.54. The number of amides is 1. The molecule has 1 amide bonds. The number of carbonyl (C=O) groups is 1. The Bertz CT molecular complexity index is 1040. The molecular weight excluding hydrogens is 378 g/mol. The molecule has 6 nitrogen and oxygen atoms in total. The summed E-state index contributed by atoms with van der Waals surface area (Å²) in [5.74, 6) is 0.120. The summed E-state index contributed by atoms with van der Waals surface area (Å²) >= 11 is 5.97. The van der Waals surface area contributed by atoms with Gasteiger partial charge in [0.05, 0.1) is 11.4 Å². The van der Waals surface area contributed by atoms with Gasteiger partial charge in [-0.1, -0.05) is 42.8 Å². The lowest BCUT2D eigenvalue weighted by Crippen LogP contribution is -2.34. The van der Waals surface area contributed by atoms with Crippen molar-refractivity contribution >= 4 is 23.2 Å². The second-order valence-electron chi connectivity index (χ2n) is 6.40. The monoisotopic (exact) mass is 399 g/mol. The van der Waals surface area contributed by atoms with Crippen molar-refractivity contribution in [2.75, 3.05) is 5.32 Å². The molecule has 0 unspecified atom stereocenters. The first-order chi connectivity index (χ1) is 13.4. The number of nitrogens with zero attached hydrogens (tertiary/aromatic N) is 2. The van der Waals surface area contributed by atoms with E-state index in [-0.39, 0.29) is 17.2 Å². The number of hydrogen-bond acceptors (Lipinski definition) is 3. The van der Waals surface area contributed by atoms with Gasteiger partial charge in [-0.3, -0.25) is 14.3 Å². The molecule has 3 rings (SSSR count). The third kappa shape index (κ3) is 3.97. The van der Waals surface area contributed by atoms with E-state index in [1.807, 2.05) is 37.3 Å². The lowest BCUT2D eigenvalue weighted by Gasteiger charge is -2.17. The fourth-order valence-corrected chi connectivity index (χ4v) is 3.12. The normalized spacial score (nSPS) is 11.9. The van der Waals surface area contributed by atoms with Crippen molar-refractivity contribution in [2.24, 2.45) is 7.05 Å². The number of ether oxygens (including phenoxy) is 1. The van der Waals surface area contributed by atoms with Gasteiger partial charge in [-0.2, -0.15) is 0 Å². The molecule has 0 aliphatic carbocycles. The minimum Gasteiger partial charge on any atom is -0.481 e. The Balaban J connectivity index is 1.86. The van der Waals surface area contributed by atoms with Crippen LogP contribution >= 0.6 is 11.6 Å². The summed E-state index contributed by atoms with van der Waals surface area (Å²) in [7, 11) is 1.78. The van der Waals surface area contributed by atoms with Gasteiger partial charge in [-0.05, 0) is 43.7 Å². The molecule has 3 aromatic rings. The van der Waals surface area contributed by atoms with Gasteiger partial charge in [0.1, 0.15) is 11.4 Å². The van der Waals surface area contributed by atoms with Crippen molar-refractivity contribution in [3.8, 4) is 11.4 Å². The minimum atomic E-state index is -0.748. The Morgan fingerprint density at radius 3 is 2.54 bits per heavy atom. The molecule has 0 spiro atoms. The van der Waals surface area contributed by atoms with E-state index >= 15 is 0 Å². The molecule has 0 aliphatic heterocycles. The molecule has 7 heteroatoms. The van der Waals surface area contributed by atoms with Crippen molar-refractivity contribution in [1.82, 2.24) is 9.36 Å². The van der Waals surface area contributed by atoms with Crippen molar-refractivity contribution in [3.63, 3.8) is 0 Å². The van der Waals surface area contributed by atoms with Crippen LogP contribution in [0.3, 0.4) is 0 Å². The zero-order valence-electron chi connectivity index (χ0n) is 16.0. The predicted molar refractivity (Wildman–Crippen MR) is 111 cm³/mol. The fraction of sp³-hybridized carbons (Fsp3) is 0.238. The van der Waals surface area contributed by atoms with Gasteiger partial charge < -0.3 is 10.1 Å². The molecule has 146 valence electrons. The Hall–Kier alpha value is -2.99. The highest BCUT2D eigenvalue weighted by Crippen LogP contribution is 2.20. The largest absolute Gasteiger partial charge is 0.481 e. The standard InChI is InChI=1S/C21H22ClN3O3/c1-4-18(28-17-12-8-9-15(22)13-17)20(26)23-19-14(2)24(3)25(21(19)27)16-10-6-5-7-11-16/h5-13,18H,4H2,1-3H3,(H,23,26)/t18-/m0/s1. The Morgan fingerprint density at radius 1 is 1.18 bits per heavy atom. The van der Waals surface area contributed by atoms with E-state index in [1.54, 1.807) is 42.9 Å². The van der Waals surface area contributed by atoms with Crippen LogP contribution in [0.1, 0.15) is 19.0 Å². The summed E-state index contributed by atoms with van der Waals surface area (Å²) in [5.41, 5.74) is 1.32. The summed E-state index contributed by atoms with van der Waals surface area (Å²) in [6.45, 7) is 3.63. The highest BCUT2D eigenvalue weighted by atomic mass is 35.5. The highest BCUT2D eigenvalue weighted by molar-refractivity contribution is 6.30. The maximum Gasteiger partial charge on any atom is 0.295 e. The lowest BCUT2D eigenvalue weighted by atomic mass is 10.2. The third-order valence-corrected chi connectivity index (χ3v) is 4.78. The van der Waals surface area contributed by atoms with E-state index in [0.29, 0.717) is 22.9 Å². The molecule has 1 heterocycles. The van der Waals surface area contributed by atoms with Gasteiger partial charge in [0, 0.05) is 12.1 Å². The number of rotatable bonds is 6. The van der Waals surface area contributed by atoms with Crippen LogP contribution in [0.15, 0.2) is 59.4 Å². The number of anilines is 1. The van der Waals surface area contributed by atoms with Crippen molar-refractivity contribution in [1.29, 1.82) is 0 Å². The average Bonchev–Trinajstić information content (AvgIpc) is 2.90. The smallest absolute Gasteiger partial charge is 0.295 e. The summed E-state index contributed by atoms with van der Waals surface area (Å²) < 4.78 is 9.00. The quantitative estimate of drug-likeness (QED) is 0.682. The number of halogens is 1. The van der Waals surface area contributed by atoms with Crippen LogP contribution in [-0.4, -0.2) is 21.4 Å². The van der Waals surface area contributed by atoms with Crippen molar-refractivity contribution < 1.29 is 9.53 Å².